The molecule has 1 aliphatic carbocycles. The lowest BCUT2D eigenvalue weighted by molar-refractivity contribution is -0.144. The van der Waals surface area contributed by atoms with E-state index >= 15 is 0 Å². The van der Waals surface area contributed by atoms with Crippen LogP contribution in [-0.2, 0) is 0 Å². The fourth-order valence-corrected chi connectivity index (χ4v) is 2.80. The van der Waals surface area contributed by atoms with Crippen LogP contribution < -0.4 is 0 Å². The SMILES string of the molecule is CC(C1CC1)N(CC(F)(F)F)C(=O)c1cc(Br)ccc1Cl. The van der Waals surface area contributed by atoms with E-state index in [0.717, 1.165) is 17.7 Å². The van der Waals surface area contributed by atoms with Crippen molar-refractivity contribution in [3.8, 4) is 0 Å². The highest BCUT2D eigenvalue weighted by Gasteiger charge is 2.41. The van der Waals surface area contributed by atoms with Crippen molar-refractivity contribution in [2.45, 2.75) is 32.0 Å². The number of alkyl halides is 3. The molecule has 0 spiro atoms. The van der Waals surface area contributed by atoms with Crippen LogP contribution in [0.3, 0.4) is 0 Å². The van der Waals surface area contributed by atoms with Gasteiger partial charge in [0.05, 0.1) is 10.6 Å². The molecule has 1 aliphatic rings. The molecule has 1 aromatic rings. The number of rotatable bonds is 4. The molecule has 0 N–H and O–H groups in total. The van der Waals surface area contributed by atoms with Crippen molar-refractivity contribution >= 4 is 33.4 Å². The molecule has 0 aliphatic heterocycles. The first-order chi connectivity index (χ1) is 9.69. The van der Waals surface area contributed by atoms with Crippen molar-refractivity contribution in [2.75, 3.05) is 6.54 Å². The summed E-state index contributed by atoms with van der Waals surface area (Å²) in [4.78, 5) is 13.4. The van der Waals surface area contributed by atoms with Crippen LogP contribution in [0.25, 0.3) is 0 Å². The van der Waals surface area contributed by atoms with E-state index in [1.165, 1.54) is 12.1 Å². The summed E-state index contributed by atoms with van der Waals surface area (Å²) in [5.41, 5.74) is 0.0859. The number of nitrogens with zero attached hydrogens (tertiary/aromatic N) is 1. The summed E-state index contributed by atoms with van der Waals surface area (Å²) in [6.45, 7) is 0.402. The molecule has 116 valence electrons. The lowest BCUT2D eigenvalue weighted by Gasteiger charge is -2.30. The molecule has 1 saturated carbocycles. The Morgan fingerprint density at radius 2 is 2.10 bits per heavy atom. The van der Waals surface area contributed by atoms with E-state index in [1.54, 1.807) is 13.0 Å². The second-order valence-corrected chi connectivity index (χ2v) is 6.57. The highest BCUT2D eigenvalue weighted by Crippen LogP contribution is 2.37. The lowest BCUT2D eigenvalue weighted by Crippen LogP contribution is -2.45. The summed E-state index contributed by atoms with van der Waals surface area (Å²) in [6, 6.07) is 4.13. The van der Waals surface area contributed by atoms with Gasteiger partial charge in [0.1, 0.15) is 6.54 Å². The van der Waals surface area contributed by atoms with Crippen LogP contribution in [-0.4, -0.2) is 29.6 Å². The summed E-state index contributed by atoms with van der Waals surface area (Å²) < 4.78 is 38.9. The zero-order valence-electron chi connectivity index (χ0n) is 11.3. The number of benzene rings is 1. The van der Waals surface area contributed by atoms with Crippen molar-refractivity contribution < 1.29 is 18.0 Å². The Balaban J connectivity index is 2.30. The molecule has 1 aromatic carbocycles. The second kappa shape index (κ2) is 6.16. The van der Waals surface area contributed by atoms with Crippen LogP contribution in [0.15, 0.2) is 22.7 Å². The fourth-order valence-electron chi connectivity index (χ4n) is 2.24. The highest BCUT2D eigenvalue weighted by atomic mass is 79.9. The Morgan fingerprint density at radius 3 is 2.62 bits per heavy atom. The first-order valence-electron chi connectivity index (χ1n) is 6.52. The minimum absolute atomic E-state index is 0.0859. The fraction of sp³-hybridized carbons (Fsp3) is 0.500. The molecule has 1 fully saturated rings. The standard InChI is InChI=1S/C14H14BrClF3NO/c1-8(9-2-3-9)20(7-14(17,18)19)13(21)11-6-10(15)4-5-12(11)16/h4-6,8-9H,2-3,7H2,1H3. The first-order valence-corrected chi connectivity index (χ1v) is 7.69. The molecule has 0 aromatic heterocycles. The molecule has 0 heterocycles. The molecule has 1 amide bonds. The Hall–Kier alpha value is -0.750. The average molecular weight is 385 g/mol. The Kier molecular flexibility index (Phi) is 4.88. The zero-order valence-corrected chi connectivity index (χ0v) is 13.6. The quantitative estimate of drug-likeness (QED) is 0.722. The minimum atomic E-state index is -4.43. The van der Waals surface area contributed by atoms with E-state index in [2.05, 4.69) is 15.9 Å². The van der Waals surface area contributed by atoms with Gasteiger partial charge in [-0.3, -0.25) is 4.79 Å². The van der Waals surface area contributed by atoms with Crippen molar-refractivity contribution in [3.63, 3.8) is 0 Å². The second-order valence-electron chi connectivity index (χ2n) is 5.25. The van der Waals surface area contributed by atoms with Crippen LogP contribution in [0.4, 0.5) is 13.2 Å². The molecule has 0 saturated heterocycles. The number of carbonyl (C=O) groups excluding carboxylic acids is 1. The molecule has 0 bridgehead atoms. The molecule has 2 nitrogen and oxygen atoms in total. The van der Waals surface area contributed by atoms with Crippen molar-refractivity contribution in [1.29, 1.82) is 0 Å². The predicted molar refractivity (Wildman–Crippen MR) is 78.4 cm³/mol. The molecular formula is C14H14BrClF3NO. The van der Waals surface area contributed by atoms with Gasteiger partial charge in [-0.25, -0.2) is 0 Å². The van der Waals surface area contributed by atoms with Crippen molar-refractivity contribution in [1.82, 2.24) is 4.90 Å². The van der Waals surface area contributed by atoms with E-state index in [-0.39, 0.29) is 16.5 Å². The maximum Gasteiger partial charge on any atom is 0.406 e. The van der Waals surface area contributed by atoms with Crippen LogP contribution in [0, 0.1) is 5.92 Å². The van der Waals surface area contributed by atoms with Crippen LogP contribution >= 0.6 is 27.5 Å². The van der Waals surface area contributed by atoms with Crippen LogP contribution in [0.1, 0.15) is 30.1 Å². The van der Waals surface area contributed by atoms with Gasteiger partial charge >= 0.3 is 6.18 Å². The summed E-state index contributed by atoms with van der Waals surface area (Å²) in [7, 11) is 0. The summed E-state index contributed by atoms with van der Waals surface area (Å²) in [6.07, 6.45) is -2.72. The van der Waals surface area contributed by atoms with Gasteiger partial charge < -0.3 is 4.90 Å². The van der Waals surface area contributed by atoms with Gasteiger partial charge in [-0.05, 0) is 43.9 Å². The zero-order chi connectivity index (χ0) is 15.8. The molecule has 0 radical (unpaired) electrons. The third-order valence-corrected chi connectivity index (χ3v) is 4.39. The van der Waals surface area contributed by atoms with E-state index in [1.807, 2.05) is 0 Å². The normalized spacial score (nSPS) is 16.7. The van der Waals surface area contributed by atoms with Gasteiger partial charge in [-0.2, -0.15) is 13.2 Å². The predicted octanol–water partition coefficient (Wildman–Crippen LogP) is 4.91. The van der Waals surface area contributed by atoms with Gasteiger partial charge in [0, 0.05) is 10.5 Å². The molecule has 21 heavy (non-hydrogen) atoms. The third-order valence-electron chi connectivity index (χ3n) is 3.57. The molecule has 1 atom stereocenters. The van der Waals surface area contributed by atoms with E-state index < -0.39 is 24.7 Å². The number of amides is 1. The molecule has 1 unspecified atom stereocenters. The maximum absolute atomic E-state index is 12.8. The van der Waals surface area contributed by atoms with Crippen LogP contribution in [0.5, 0.6) is 0 Å². The smallest absolute Gasteiger partial charge is 0.327 e. The van der Waals surface area contributed by atoms with Gasteiger partial charge in [0.15, 0.2) is 0 Å². The number of halogens is 5. The van der Waals surface area contributed by atoms with Crippen molar-refractivity contribution in [2.24, 2.45) is 5.92 Å². The summed E-state index contributed by atoms with van der Waals surface area (Å²) in [5.74, 6) is -0.541. The first kappa shape index (κ1) is 16.6. The maximum atomic E-state index is 12.8. The van der Waals surface area contributed by atoms with E-state index in [9.17, 15) is 18.0 Å². The third kappa shape index (κ3) is 4.36. The van der Waals surface area contributed by atoms with Gasteiger partial charge in [-0.1, -0.05) is 27.5 Å². The monoisotopic (exact) mass is 383 g/mol. The van der Waals surface area contributed by atoms with E-state index in [4.69, 9.17) is 11.6 Å². The molecule has 2 rings (SSSR count). The Bertz CT molecular complexity index is 546. The number of carbonyl (C=O) groups is 1. The Morgan fingerprint density at radius 1 is 1.48 bits per heavy atom. The van der Waals surface area contributed by atoms with E-state index in [0.29, 0.717) is 4.47 Å². The topological polar surface area (TPSA) is 20.3 Å². The summed E-state index contributed by atoms with van der Waals surface area (Å²) in [5, 5.41) is 0.151. The van der Waals surface area contributed by atoms with Gasteiger partial charge in [-0.15, -0.1) is 0 Å². The minimum Gasteiger partial charge on any atom is -0.327 e. The molecular weight excluding hydrogens is 371 g/mol. The Labute approximate surface area is 134 Å². The largest absolute Gasteiger partial charge is 0.406 e. The average Bonchev–Trinajstić information content (AvgIpc) is 3.20. The van der Waals surface area contributed by atoms with Gasteiger partial charge in [0.25, 0.3) is 5.91 Å². The molecule has 7 heteroatoms. The van der Waals surface area contributed by atoms with Crippen LogP contribution in [0.2, 0.25) is 5.02 Å². The van der Waals surface area contributed by atoms with Crippen molar-refractivity contribution in [3.05, 3.63) is 33.3 Å². The number of hydrogen-bond acceptors (Lipinski definition) is 1. The van der Waals surface area contributed by atoms with Gasteiger partial charge in [0.2, 0.25) is 0 Å². The summed E-state index contributed by atoms with van der Waals surface area (Å²) >= 11 is 9.16. The number of hydrogen-bond donors (Lipinski definition) is 0. The highest BCUT2D eigenvalue weighted by molar-refractivity contribution is 9.10. The lowest BCUT2D eigenvalue weighted by atomic mass is 10.1.